The van der Waals surface area contributed by atoms with Gasteiger partial charge in [-0.1, -0.05) is 127 Å². The van der Waals surface area contributed by atoms with Gasteiger partial charge in [-0.3, -0.25) is 0 Å². The van der Waals surface area contributed by atoms with Crippen molar-refractivity contribution in [2.45, 2.75) is 84.7 Å². The topological polar surface area (TPSA) is 15.7 Å². The Morgan fingerprint density at radius 1 is 0.812 bits per heavy atom. The van der Waals surface area contributed by atoms with Crippen LogP contribution in [0.4, 0.5) is 17.1 Å². The average Bonchev–Trinajstić information content (AvgIpc) is 3.56. The maximum absolute atomic E-state index is 6.82. The third-order valence-electron chi connectivity index (χ3n) is 11.5. The summed E-state index contributed by atoms with van der Waals surface area (Å²) in [4.78, 5) is 5.08. The summed E-state index contributed by atoms with van der Waals surface area (Å²) in [5.74, 6) is 2.20. The fourth-order valence-electron chi connectivity index (χ4n) is 8.14. The molecule has 0 saturated heterocycles. The second kappa shape index (κ2) is 11.0. The van der Waals surface area contributed by atoms with Gasteiger partial charge in [0.05, 0.1) is 12.1 Å². The molecule has 2 heterocycles. The number of para-hydroxylation sites is 1. The van der Waals surface area contributed by atoms with Gasteiger partial charge in [0.1, 0.15) is 11.5 Å². The maximum atomic E-state index is 6.82. The Hall–Kier alpha value is -4.50. The predicted octanol–water partition coefficient (Wildman–Crippen LogP) is 11.5. The molecular weight excluding hydrogens is 585 g/mol. The number of fused-ring (bicyclic) bond motifs is 6. The number of hydrogen-bond donors (Lipinski definition) is 0. The zero-order valence-corrected chi connectivity index (χ0v) is 29.5. The van der Waals surface area contributed by atoms with E-state index in [1.165, 1.54) is 45.0 Å². The van der Waals surface area contributed by atoms with Crippen molar-refractivity contribution < 1.29 is 4.74 Å². The summed E-state index contributed by atoms with van der Waals surface area (Å²) in [6.45, 7) is 16.3. The average molecular weight is 633 g/mol. The molecule has 0 fully saturated rings. The van der Waals surface area contributed by atoms with E-state index in [-0.39, 0.29) is 28.3 Å². The van der Waals surface area contributed by atoms with Crippen LogP contribution in [0.15, 0.2) is 133 Å². The van der Waals surface area contributed by atoms with Crippen molar-refractivity contribution in [3.8, 4) is 5.75 Å². The van der Waals surface area contributed by atoms with E-state index >= 15 is 0 Å². The van der Waals surface area contributed by atoms with Crippen LogP contribution in [0.3, 0.4) is 0 Å². The Bertz CT molecular complexity index is 1970. The summed E-state index contributed by atoms with van der Waals surface area (Å²) in [6, 6.07) is 25.1. The predicted molar refractivity (Wildman–Crippen MR) is 202 cm³/mol. The zero-order chi connectivity index (χ0) is 33.4. The molecule has 48 heavy (non-hydrogen) atoms. The van der Waals surface area contributed by atoms with Gasteiger partial charge in [-0.15, -0.1) is 0 Å². The molecule has 3 aromatic carbocycles. The van der Waals surface area contributed by atoms with Crippen molar-refractivity contribution in [3.63, 3.8) is 0 Å². The van der Waals surface area contributed by atoms with Crippen LogP contribution in [0.25, 0.3) is 5.57 Å². The molecule has 3 unspecified atom stereocenters. The van der Waals surface area contributed by atoms with Gasteiger partial charge in [0, 0.05) is 46.7 Å². The monoisotopic (exact) mass is 632 g/mol. The van der Waals surface area contributed by atoms with E-state index in [0.29, 0.717) is 5.92 Å². The first kappa shape index (κ1) is 30.8. The first-order valence-corrected chi connectivity index (χ1v) is 17.7. The molecule has 0 aromatic heterocycles. The second-order valence-corrected chi connectivity index (χ2v) is 16.5. The Kier molecular flexibility index (Phi) is 7.07. The van der Waals surface area contributed by atoms with Crippen molar-refractivity contribution in [1.82, 2.24) is 0 Å². The zero-order valence-electron chi connectivity index (χ0n) is 29.5. The first-order valence-electron chi connectivity index (χ1n) is 17.7. The van der Waals surface area contributed by atoms with Gasteiger partial charge in [0.25, 0.3) is 0 Å². The Morgan fingerprint density at radius 2 is 1.62 bits per heavy atom. The summed E-state index contributed by atoms with van der Waals surface area (Å²) in [5.41, 5.74) is 10.7. The number of rotatable bonds is 4. The van der Waals surface area contributed by atoms with Gasteiger partial charge in [-0.05, 0) is 75.8 Å². The summed E-state index contributed by atoms with van der Waals surface area (Å²) in [7, 11) is 0. The first-order chi connectivity index (χ1) is 22.9. The normalized spacial score (nSPS) is 25.6. The van der Waals surface area contributed by atoms with E-state index in [4.69, 9.17) is 4.74 Å². The van der Waals surface area contributed by atoms with Crippen LogP contribution in [0.5, 0.6) is 5.75 Å². The SMILES string of the molecule is CC(C)(C)c1cccc(N2c3cc(OC4=CC=C5c6ccccc6N(C6=C[C@@](C)(C(C)(C)C)CC=C6)C5C4)ccc3C3C=CC=CC32)c1. The third-order valence-corrected chi connectivity index (χ3v) is 11.5. The van der Waals surface area contributed by atoms with Gasteiger partial charge in [-0.25, -0.2) is 0 Å². The maximum Gasteiger partial charge on any atom is 0.129 e. The highest BCUT2D eigenvalue weighted by Crippen LogP contribution is 2.52. The summed E-state index contributed by atoms with van der Waals surface area (Å²) in [5, 5.41) is 0. The number of ether oxygens (including phenoxy) is 1. The minimum atomic E-state index is 0.0760. The highest BCUT2D eigenvalue weighted by Gasteiger charge is 2.42. The highest BCUT2D eigenvalue weighted by atomic mass is 16.5. The van der Waals surface area contributed by atoms with Crippen molar-refractivity contribution in [2.24, 2.45) is 10.8 Å². The van der Waals surface area contributed by atoms with Crippen LogP contribution >= 0.6 is 0 Å². The number of nitrogens with zero attached hydrogens (tertiary/aromatic N) is 2. The van der Waals surface area contributed by atoms with Gasteiger partial charge < -0.3 is 14.5 Å². The highest BCUT2D eigenvalue weighted by molar-refractivity contribution is 5.91. The van der Waals surface area contributed by atoms with Gasteiger partial charge >= 0.3 is 0 Å². The van der Waals surface area contributed by atoms with Crippen molar-refractivity contribution in [1.29, 1.82) is 0 Å². The van der Waals surface area contributed by atoms with E-state index in [1.807, 2.05) is 0 Å². The van der Waals surface area contributed by atoms with Gasteiger partial charge in [0.2, 0.25) is 0 Å². The molecule has 4 atom stereocenters. The van der Waals surface area contributed by atoms with E-state index in [0.717, 1.165) is 24.4 Å². The molecule has 244 valence electrons. The molecule has 3 aliphatic carbocycles. The lowest BCUT2D eigenvalue weighted by atomic mass is 9.64. The fraction of sp³-hybridized carbons (Fsp3) is 0.333. The molecule has 2 aliphatic heterocycles. The van der Waals surface area contributed by atoms with Crippen molar-refractivity contribution in [3.05, 3.63) is 150 Å². The summed E-state index contributed by atoms with van der Waals surface area (Å²) in [6.07, 6.45) is 22.6. The molecular formula is C45H48N2O. The summed E-state index contributed by atoms with van der Waals surface area (Å²) < 4.78 is 6.82. The molecule has 3 heteroatoms. The van der Waals surface area contributed by atoms with Crippen LogP contribution in [0.2, 0.25) is 0 Å². The lowest BCUT2D eigenvalue weighted by molar-refractivity contribution is 0.169. The molecule has 3 nitrogen and oxygen atoms in total. The fourth-order valence-corrected chi connectivity index (χ4v) is 8.14. The van der Waals surface area contributed by atoms with Crippen molar-refractivity contribution in [2.75, 3.05) is 9.80 Å². The molecule has 0 radical (unpaired) electrons. The smallest absolute Gasteiger partial charge is 0.129 e. The second-order valence-electron chi connectivity index (χ2n) is 16.5. The minimum Gasteiger partial charge on any atom is -0.462 e. The van der Waals surface area contributed by atoms with Crippen LogP contribution in [-0.2, 0) is 5.41 Å². The van der Waals surface area contributed by atoms with Crippen LogP contribution < -0.4 is 14.5 Å². The number of benzene rings is 3. The lowest BCUT2D eigenvalue weighted by Gasteiger charge is -2.43. The Morgan fingerprint density at radius 3 is 2.44 bits per heavy atom. The van der Waals surface area contributed by atoms with E-state index < -0.39 is 0 Å². The standard InChI is InChI=1S/C45H48N2O/c1-43(2,3)30-14-12-15-31(26-30)46-39-19-10-8-17-35(39)37-23-21-33(27-41(37)46)48-34-22-24-38-36-18-9-11-20-40(36)47(42(38)28-34)32-16-13-25-45(7,29-32)44(4,5)6/h8-24,26-27,29,35,39,42H,25,28H2,1-7H3/t35?,39?,42?,45-/m0/s1. The van der Waals surface area contributed by atoms with E-state index in [2.05, 4.69) is 180 Å². The molecule has 0 spiro atoms. The minimum absolute atomic E-state index is 0.0760. The Balaban J connectivity index is 1.13. The lowest BCUT2D eigenvalue weighted by Crippen LogP contribution is -2.37. The Labute approximate surface area is 287 Å². The molecule has 0 amide bonds. The molecule has 8 rings (SSSR count). The van der Waals surface area contributed by atoms with Gasteiger partial charge in [0.15, 0.2) is 0 Å². The van der Waals surface area contributed by atoms with E-state index in [9.17, 15) is 0 Å². The van der Waals surface area contributed by atoms with Gasteiger partial charge in [-0.2, -0.15) is 0 Å². The summed E-state index contributed by atoms with van der Waals surface area (Å²) >= 11 is 0. The number of allylic oxidation sites excluding steroid dienone is 7. The third kappa shape index (κ3) is 5.02. The molecule has 0 N–H and O–H groups in total. The molecule has 0 saturated carbocycles. The molecule has 5 aliphatic rings. The molecule has 0 bridgehead atoms. The van der Waals surface area contributed by atoms with Crippen LogP contribution in [0.1, 0.15) is 83.9 Å². The van der Waals surface area contributed by atoms with Crippen LogP contribution in [0, 0.1) is 10.8 Å². The largest absolute Gasteiger partial charge is 0.462 e. The number of anilines is 3. The van der Waals surface area contributed by atoms with E-state index in [1.54, 1.807) is 0 Å². The molecule has 3 aromatic rings. The van der Waals surface area contributed by atoms with Crippen molar-refractivity contribution >= 4 is 22.6 Å². The number of hydrogen-bond acceptors (Lipinski definition) is 3. The quantitative estimate of drug-likeness (QED) is 0.285. The van der Waals surface area contributed by atoms with Crippen LogP contribution in [-0.4, -0.2) is 12.1 Å².